The molecule has 0 saturated heterocycles. The Bertz CT molecular complexity index is 493. The molecular weight excluding hydrogens is 260 g/mol. The van der Waals surface area contributed by atoms with Crippen LogP contribution >= 0.6 is 11.3 Å². The van der Waals surface area contributed by atoms with E-state index in [0.717, 1.165) is 9.75 Å². The molecule has 0 aliphatic carbocycles. The fraction of sp³-hybridized carbons (Fsp3) is 0.500. The van der Waals surface area contributed by atoms with E-state index in [0.29, 0.717) is 0 Å². The summed E-state index contributed by atoms with van der Waals surface area (Å²) in [6.45, 7) is 3.81. The first kappa shape index (κ1) is 14.1. The largest absolute Gasteiger partial charge is 0.354 e. The maximum absolute atomic E-state index is 11.7. The van der Waals surface area contributed by atoms with Crippen LogP contribution in [0.1, 0.15) is 22.6 Å². The van der Waals surface area contributed by atoms with Crippen molar-refractivity contribution in [2.45, 2.75) is 19.8 Å². The number of amides is 1. The summed E-state index contributed by atoms with van der Waals surface area (Å²) < 4.78 is 21.4. The van der Waals surface area contributed by atoms with Crippen LogP contribution in [0.3, 0.4) is 0 Å². The summed E-state index contributed by atoms with van der Waals surface area (Å²) in [5.74, 6) is -0.695. The van der Waals surface area contributed by atoms with Crippen LogP contribution in [0.25, 0.3) is 0 Å². The fourth-order valence-corrected chi connectivity index (χ4v) is 2.60. The molecule has 0 spiro atoms. The highest BCUT2D eigenvalue weighted by Gasteiger charge is 2.16. The van der Waals surface area contributed by atoms with Crippen LogP contribution in [0.4, 0.5) is 0 Å². The number of hydrogen-bond donors (Lipinski definition) is 2. The molecule has 5 nitrogen and oxygen atoms in total. The molecule has 1 atom stereocenters. The van der Waals surface area contributed by atoms with E-state index in [-0.39, 0.29) is 24.1 Å². The van der Waals surface area contributed by atoms with Gasteiger partial charge in [-0.2, -0.15) is 0 Å². The fourth-order valence-electron chi connectivity index (χ4n) is 1.28. The lowest BCUT2D eigenvalue weighted by Crippen LogP contribution is -2.33. The minimum atomic E-state index is -3.52. The number of carbonyl (C=O) groups is 1. The van der Waals surface area contributed by atoms with Crippen LogP contribution in [0.15, 0.2) is 12.1 Å². The summed E-state index contributed by atoms with van der Waals surface area (Å²) in [6.07, 6.45) is 0. The standard InChI is InChI=1S/C10H16N2O3S2/c1-7-3-4-9(16-7)8(2)10(13)12-5-6-17(11,14)15/h3-4,8H,5-6H2,1-2H3,(H,12,13)(H2,11,14,15)/t8-/m1/s1. The molecule has 0 fully saturated rings. The van der Waals surface area contributed by atoms with E-state index in [1.54, 1.807) is 18.3 Å². The van der Waals surface area contributed by atoms with Gasteiger partial charge in [-0.25, -0.2) is 13.6 Å². The van der Waals surface area contributed by atoms with Crippen LogP contribution in [-0.4, -0.2) is 26.6 Å². The lowest BCUT2D eigenvalue weighted by molar-refractivity contribution is -0.122. The van der Waals surface area contributed by atoms with E-state index in [1.807, 2.05) is 19.1 Å². The van der Waals surface area contributed by atoms with Gasteiger partial charge in [-0.15, -0.1) is 11.3 Å². The van der Waals surface area contributed by atoms with Gasteiger partial charge in [0.1, 0.15) is 0 Å². The lowest BCUT2D eigenvalue weighted by Gasteiger charge is -2.09. The van der Waals surface area contributed by atoms with Gasteiger partial charge in [0.05, 0.1) is 11.7 Å². The number of nitrogens with two attached hydrogens (primary N) is 1. The number of thiophene rings is 1. The number of sulfonamides is 1. The van der Waals surface area contributed by atoms with Crippen molar-refractivity contribution in [1.82, 2.24) is 5.32 Å². The normalized spacial score (nSPS) is 13.4. The average Bonchev–Trinajstić information content (AvgIpc) is 2.61. The number of nitrogens with one attached hydrogen (secondary N) is 1. The van der Waals surface area contributed by atoms with Crippen molar-refractivity contribution in [2.24, 2.45) is 5.14 Å². The Morgan fingerprint density at radius 1 is 1.53 bits per heavy atom. The quantitative estimate of drug-likeness (QED) is 0.823. The molecule has 96 valence electrons. The molecule has 1 aromatic rings. The molecule has 0 aromatic carbocycles. The van der Waals surface area contributed by atoms with Gasteiger partial charge in [-0.1, -0.05) is 0 Å². The molecule has 0 unspecified atom stereocenters. The molecule has 0 aliphatic rings. The number of carbonyl (C=O) groups excluding carboxylic acids is 1. The van der Waals surface area contributed by atoms with E-state index in [4.69, 9.17) is 5.14 Å². The van der Waals surface area contributed by atoms with E-state index in [1.165, 1.54) is 0 Å². The SMILES string of the molecule is Cc1ccc([C@@H](C)C(=O)NCCS(N)(=O)=O)s1. The molecule has 0 aliphatic heterocycles. The Morgan fingerprint density at radius 3 is 2.65 bits per heavy atom. The first-order chi connectivity index (χ1) is 7.79. The second-order valence-corrected chi connectivity index (χ2v) is 6.88. The van der Waals surface area contributed by atoms with Gasteiger partial charge in [-0.3, -0.25) is 4.79 Å². The first-order valence-corrected chi connectivity index (χ1v) is 7.67. The molecule has 1 amide bonds. The van der Waals surface area contributed by atoms with Crippen molar-refractivity contribution in [3.8, 4) is 0 Å². The number of aryl methyl sites for hydroxylation is 1. The monoisotopic (exact) mass is 276 g/mol. The van der Waals surface area contributed by atoms with Crippen molar-refractivity contribution in [3.63, 3.8) is 0 Å². The van der Waals surface area contributed by atoms with Crippen molar-refractivity contribution in [2.75, 3.05) is 12.3 Å². The van der Waals surface area contributed by atoms with Crippen molar-refractivity contribution in [1.29, 1.82) is 0 Å². The highest BCUT2D eigenvalue weighted by molar-refractivity contribution is 7.89. The Kier molecular flexibility index (Phi) is 4.67. The van der Waals surface area contributed by atoms with E-state index < -0.39 is 10.0 Å². The molecule has 1 rings (SSSR count). The second-order valence-electron chi connectivity index (χ2n) is 3.83. The van der Waals surface area contributed by atoms with E-state index in [2.05, 4.69) is 5.32 Å². The smallest absolute Gasteiger partial charge is 0.228 e. The Balaban J connectivity index is 2.48. The van der Waals surface area contributed by atoms with E-state index >= 15 is 0 Å². The summed E-state index contributed by atoms with van der Waals surface area (Å²) in [6, 6.07) is 3.86. The lowest BCUT2D eigenvalue weighted by atomic mass is 10.1. The molecule has 1 aromatic heterocycles. The van der Waals surface area contributed by atoms with Crippen LogP contribution < -0.4 is 10.5 Å². The highest BCUT2D eigenvalue weighted by Crippen LogP contribution is 2.24. The van der Waals surface area contributed by atoms with Crippen molar-refractivity contribution >= 4 is 27.3 Å². The van der Waals surface area contributed by atoms with Gasteiger partial charge in [0.25, 0.3) is 0 Å². The first-order valence-electron chi connectivity index (χ1n) is 5.14. The van der Waals surface area contributed by atoms with Gasteiger partial charge < -0.3 is 5.32 Å². The van der Waals surface area contributed by atoms with Gasteiger partial charge in [0.2, 0.25) is 15.9 Å². The Morgan fingerprint density at radius 2 is 2.18 bits per heavy atom. The number of rotatable bonds is 5. The molecular formula is C10H16N2O3S2. The van der Waals surface area contributed by atoms with Gasteiger partial charge >= 0.3 is 0 Å². The molecule has 3 N–H and O–H groups in total. The predicted octanol–water partition coefficient (Wildman–Crippen LogP) is 0.565. The average molecular weight is 276 g/mol. The summed E-state index contributed by atoms with van der Waals surface area (Å²) in [5.41, 5.74) is 0. The van der Waals surface area contributed by atoms with Crippen LogP contribution in [0.2, 0.25) is 0 Å². The van der Waals surface area contributed by atoms with E-state index in [9.17, 15) is 13.2 Å². The zero-order valence-corrected chi connectivity index (χ0v) is 11.4. The summed E-state index contributed by atoms with van der Waals surface area (Å²) >= 11 is 1.56. The highest BCUT2D eigenvalue weighted by atomic mass is 32.2. The molecule has 7 heteroatoms. The minimum Gasteiger partial charge on any atom is -0.354 e. The van der Waals surface area contributed by atoms with Crippen LogP contribution in [-0.2, 0) is 14.8 Å². The molecule has 0 saturated carbocycles. The van der Waals surface area contributed by atoms with Gasteiger partial charge in [0, 0.05) is 16.3 Å². The number of hydrogen-bond acceptors (Lipinski definition) is 4. The number of primary sulfonamides is 1. The Hall–Kier alpha value is -0.920. The van der Waals surface area contributed by atoms with Gasteiger partial charge in [-0.05, 0) is 26.0 Å². The maximum Gasteiger partial charge on any atom is 0.228 e. The third-order valence-corrected chi connectivity index (χ3v) is 4.22. The van der Waals surface area contributed by atoms with Crippen LogP contribution in [0, 0.1) is 6.92 Å². The predicted molar refractivity (Wildman–Crippen MR) is 68.5 cm³/mol. The molecule has 0 bridgehead atoms. The van der Waals surface area contributed by atoms with Crippen molar-refractivity contribution in [3.05, 3.63) is 21.9 Å². The topological polar surface area (TPSA) is 89.3 Å². The minimum absolute atomic E-state index is 0.0480. The third-order valence-electron chi connectivity index (χ3n) is 2.27. The van der Waals surface area contributed by atoms with Crippen LogP contribution in [0.5, 0.6) is 0 Å². The molecule has 1 heterocycles. The molecule has 0 radical (unpaired) electrons. The second kappa shape index (κ2) is 5.61. The zero-order valence-electron chi connectivity index (χ0n) is 9.76. The summed E-state index contributed by atoms with van der Waals surface area (Å²) in [4.78, 5) is 13.8. The maximum atomic E-state index is 11.7. The van der Waals surface area contributed by atoms with Crippen molar-refractivity contribution < 1.29 is 13.2 Å². The Labute approximate surface area is 105 Å². The summed E-state index contributed by atoms with van der Waals surface area (Å²) in [7, 11) is -3.52. The van der Waals surface area contributed by atoms with Gasteiger partial charge in [0.15, 0.2) is 0 Å². The zero-order chi connectivity index (χ0) is 13.1. The third kappa shape index (κ3) is 4.84. The molecule has 17 heavy (non-hydrogen) atoms. The summed E-state index contributed by atoms with van der Waals surface area (Å²) in [5, 5.41) is 7.39.